The average Bonchev–Trinajstić information content (AvgIpc) is 2.69. The Morgan fingerprint density at radius 1 is 1.08 bits per heavy atom. The van der Waals surface area contributed by atoms with Gasteiger partial charge in [-0.25, -0.2) is 8.42 Å². The highest BCUT2D eigenvalue weighted by Crippen LogP contribution is 2.27. The van der Waals surface area contributed by atoms with Gasteiger partial charge in [0.05, 0.1) is 4.90 Å². The molecule has 0 spiro atoms. The van der Waals surface area contributed by atoms with Crippen LogP contribution in [-0.2, 0) is 21.2 Å². The van der Waals surface area contributed by atoms with E-state index in [1.54, 1.807) is 30.3 Å². The maximum Gasteiger partial charge on any atom is 0.243 e. The molecule has 6 heteroatoms. The van der Waals surface area contributed by atoms with E-state index in [4.69, 9.17) is 0 Å². The molecule has 1 fully saturated rings. The minimum Gasteiger partial charge on any atom is -0.324 e. The number of para-hydroxylation sites is 1. The van der Waals surface area contributed by atoms with Crippen molar-refractivity contribution in [2.75, 3.05) is 11.9 Å². The molecule has 0 aliphatic carbocycles. The van der Waals surface area contributed by atoms with Gasteiger partial charge in [0, 0.05) is 12.2 Å². The molecular formula is C20H24N2O3S. The molecule has 0 bridgehead atoms. The quantitative estimate of drug-likeness (QED) is 0.874. The summed E-state index contributed by atoms with van der Waals surface area (Å²) in [6.07, 6.45) is 2.94. The second-order valence-electron chi connectivity index (χ2n) is 6.44. The van der Waals surface area contributed by atoms with Crippen molar-refractivity contribution in [2.24, 2.45) is 0 Å². The summed E-state index contributed by atoms with van der Waals surface area (Å²) >= 11 is 0. The highest BCUT2D eigenvalue weighted by molar-refractivity contribution is 7.89. The second-order valence-corrected chi connectivity index (χ2v) is 8.33. The molecule has 1 aliphatic rings. The first-order chi connectivity index (χ1) is 12.5. The number of nitrogens with zero attached hydrogens (tertiary/aromatic N) is 1. The molecule has 138 valence electrons. The highest BCUT2D eigenvalue weighted by Gasteiger charge is 2.37. The first-order valence-corrected chi connectivity index (χ1v) is 10.4. The molecule has 5 nitrogen and oxygen atoms in total. The molecular weight excluding hydrogens is 348 g/mol. The van der Waals surface area contributed by atoms with Crippen molar-refractivity contribution in [3.05, 3.63) is 60.2 Å². The van der Waals surface area contributed by atoms with Crippen LogP contribution in [0.2, 0.25) is 0 Å². The SMILES string of the molecule is CCc1ccccc1NC(=O)C1CCCCN1S(=O)(=O)c1ccccc1. The summed E-state index contributed by atoms with van der Waals surface area (Å²) in [5, 5.41) is 2.94. The number of aryl methyl sites for hydroxylation is 1. The number of carbonyl (C=O) groups is 1. The Labute approximate surface area is 155 Å². The van der Waals surface area contributed by atoms with Crippen LogP contribution in [0.25, 0.3) is 0 Å². The molecule has 1 N–H and O–H groups in total. The molecule has 1 atom stereocenters. The van der Waals surface area contributed by atoms with Crippen molar-refractivity contribution in [2.45, 2.75) is 43.5 Å². The number of hydrogen-bond donors (Lipinski definition) is 1. The van der Waals surface area contributed by atoms with E-state index in [1.807, 2.05) is 31.2 Å². The zero-order valence-electron chi connectivity index (χ0n) is 14.9. The Kier molecular flexibility index (Phi) is 5.74. The third-order valence-electron chi connectivity index (χ3n) is 4.76. The lowest BCUT2D eigenvalue weighted by Crippen LogP contribution is -2.49. The lowest BCUT2D eigenvalue weighted by molar-refractivity contribution is -0.120. The number of benzene rings is 2. The van der Waals surface area contributed by atoms with Gasteiger partial charge in [-0.1, -0.05) is 49.7 Å². The molecule has 2 aromatic rings. The lowest BCUT2D eigenvalue weighted by atomic mass is 10.0. The van der Waals surface area contributed by atoms with Gasteiger partial charge in [0.2, 0.25) is 15.9 Å². The summed E-state index contributed by atoms with van der Waals surface area (Å²) in [7, 11) is -3.69. The summed E-state index contributed by atoms with van der Waals surface area (Å²) in [6.45, 7) is 2.39. The van der Waals surface area contributed by atoms with Crippen molar-refractivity contribution in [3.8, 4) is 0 Å². The topological polar surface area (TPSA) is 66.5 Å². The molecule has 1 amide bonds. The number of anilines is 1. The van der Waals surface area contributed by atoms with Gasteiger partial charge in [-0.15, -0.1) is 0 Å². The number of nitrogens with one attached hydrogen (secondary N) is 1. The first-order valence-electron chi connectivity index (χ1n) is 8.99. The van der Waals surface area contributed by atoms with Crippen LogP contribution in [0, 0.1) is 0 Å². The minimum absolute atomic E-state index is 0.230. The van der Waals surface area contributed by atoms with E-state index in [9.17, 15) is 13.2 Å². The van der Waals surface area contributed by atoms with Gasteiger partial charge in [-0.05, 0) is 43.0 Å². The van der Waals surface area contributed by atoms with E-state index in [0.717, 1.165) is 30.5 Å². The van der Waals surface area contributed by atoms with Crippen LogP contribution in [0.5, 0.6) is 0 Å². The first kappa shape index (κ1) is 18.6. The van der Waals surface area contributed by atoms with Gasteiger partial charge < -0.3 is 5.32 Å². The molecule has 1 saturated heterocycles. The van der Waals surface area contributed by atoms with Gasteiger partial charge in [0.1, 0.15) is 6.04 Å². The van der Waals surface area contributed by atoms with E-state index in [-0.39, 0.29) is 10.8 Å². The van der Waals surface area contributed by atoms with Gasteiger partial charge in [-0.3, -0.25) is 4.79 Å². The molecule has 0 saturated carbocycles. The molecule has 1 heterocycles. The molecule has 3 rings (SSSR count). The monoisotopic (exact) mass is 372 g/mol. The second kappa shape index (κ2) is 8.01. The normalized spacial score (nSPS) is 18.4. The Hall–Kier alpha value is -2.18. The Balaban J connectivity index is 1.86. The Morgan fingerprint density at radius 3 is 2.50 bits per heavy atom. The largest absolute Gasteiger partial charge is 0.324 e. The molecule has 1 unspecified atom stereocenters. The zero-order chi connectivity index (χ0) is 18.6. The van der Waals surface area contributed by atoms with E-state index in [0.29, 0.717) is 13.0 Å². The van der Waals surface area contributed by atoms with Crippen LogP contribution in [0.15, 0.2) is 59.5 Å². The molecule has 2 aromatic carbocycles. The predicted octanol–water partition coefficient (Wildman–Crippen LogP) is 3.43. The van der Waals surface area contributed by atoms with Gasteiger partial charge in [0.15, 0.2) is 0 Å². The van der Waals surface area contributed by atoms with Crippen LogP contribution in [-0.4, -0.2) is 31.2 Å². The maximum absolute atomic E-state index is 13.0. The van der Waals surface area contributed by atoms with Gasteiger partial charge in [-0.2, -0.15) is 4.31 Å². The standard InChI is InChI=1S/C20H24N2O3S/c1-2-16-10-6-7-13-18(16)21-20(23)19-14-8-9-15-22(19)26(24,25)17-11-4-3-5-12-17/h3-7,10-13,19H,2,8-9,14-15H2,1H3,(H,21,23). The summed E-state index contributed by atoms with van der Waals surface area (Å²) < 4.78 is 27.4. The lowest BCUT2D eigenvalue weighted by Gasteiger charge is -2.33. The fourth-order valence-electron chi connectivity index (χ4n) is 3.35. The highest BCUT2D eigenvalue weighted by atomic mass is 32.2. The van der Waals surface area contributed by atoms with Crippen LogP contribution >= 0.6 is 0 Å². The average molecular weight is 372 g/mol. The van der Waals surface area contributed by atoms with Crippen LogP contribution in [0.1, 0.15) is 31.7 Å². The van der Waals surface area contributed by atoms with Crippen LogP contribution in [0.3, 0.4) is 0 Å². The third kappa shape index (κ3) is 3.81. The van der Waals surface area contributed by atoms with Crippen molar-refractivity contribution in [3.63, 3.8) is 0 Å². The van der Waals surface area contributed by atoms with Crippen molar-refractivity contribution >= 4 is 21.6 Å². The van der Waals surface area contributed by atoms with Crippen molar-refractivity contribution in [1.82, 2.24) is 4.31 Å². The maximum atomic E-state index is 13.0. The summed E-state index contributed by atoms with van der Waals surface area (Å²) in [5.41, 5.74) is 1.79. The predicted molar refractivity (Wildman–Crippen MR) is 102 cm³/mol. The Bertz CT molecular complexity index is 866. The molecule has 0 radical (unpaired) electrons. The molecule has 1 aliphatic heterocycles. The number of rotatable bonds is 5. The molecule has 26 heavy (non-hydrogen) atoms. The van der Waals surface area contributed by atoms with Gasteiger partial charge >= 0.3 is 0 Å². The number of sulfonamides is 1. The summed E-state index contributed by atoms with van der Waals surface area (Å²) in [6, 6.07) is 15.3. The number of piperidine rings is 1. The van der Waals surface area contributed by atoms with Crippen LogP contribution < -0.4 is 5.32 Å². The van der Waals surface area contributed by atoms with E-state index < -0.39 is 16.1 Å². The van der Waals surface area contributed by atoms with Gasteiger partial charge in [0.25, 0.3) is 0 Å². The number of hydrogen-bond acceptors (Lipinski definition) is 3. The number of carbonyl (C=O) groups excluding carboxylic acids is 1. The van der Waals surface area contributed by atoms with Crippen molar-refractivity contribution in [1.29, 1.82) is 0 Å². The van der Waals surface area contributed by atoms with Crippen molar-refractivity contribution < 1.29 is 13.2 Å². The van der Waals surface area contributed by atoms with E-state index >= 15 is 0 Å². The van der Waals surface area contributed by atoms with E-state index in [1.165, 1.54) is 4.31 Å². The van der Waals surface area contributed by atoms with Crippen LogP contribution in [0.4, 0.5) is 5.69 Å². The third-order valence-corrected chi connectivity index (χ3v) is 6.68. The summed E-state index contributed by atoms with van der Waals surface area (Å²) in [4.78, 5) is 13.1. The smallest absolute Gasteiger partial charge is 0.243 e. The zero-order valence-corrected chi connectivity index (χ0v) is 15.7. The van der Waals surface area contributed by atoms with E-state index in [2.05, 4.69) is 5.32 Å². The Morgan fingerprint density at radius 2 is 1.77 bits per heavy atom. The molecule has 0 aromatic heterocycles. The fourth-order valence-corrected chi connectivity index (χ4v) is 5.03. The minimum atomic E-state index is -3.69. The fraction of sp³-hybridized carbons (Fsp3) is 0.350. The number of amides is 1. The summed E-state index contributed by atoms with van der Waals surface area (Å²) in [5.74, 6) is -0.259.